The van der Waals surface area contributed by atoms with E-state index in [9.17, 15) is 4.79 Å². The predicted molar refractivity (Wildman–Crippen MR) is 27.7 cm³/mol. The monoisotopic (exact) mass is 129 g/mol. The molecule has 2 heterocycles. The fraction of sp³-hybridized carbons (Fsp3) is 0.800. The van der Waals surface area contributed by atoms with E-state index in [4.69, 9.17) is 9.84 Å². The van der Waals surface area contributed by atoms with Gasteiger partial charge in [0.1, 0.15) is 12.2 Å². The topological polar surface area (TPSA) is 61.9 Å². The molecule has 1 amide bonds. The van der Waals surface area contributed by atoms with Crippen LogP contribution >= 0.6 is 0 Å². The van der Waals surface area contributed by atoms with Crippen molar-refractivity contribution in [2.45, 2.75) is 18.3 Å². The molecule has 4 heteroatoms. The van der Waals surface area contributed by atoms with Gasteiger partial charge in [0.15, 0.2) is 6.10 Å². The van der Waals surface area contributed by atoms with Gasteiger partial charge in [-0.15, -0.1) is 0 Å². The highest BCUT2D eigenvalue weighted by Gasteiger charge is 2.52. The maximum atomic E-state index is 10.6. The lowest BCUT2D eigenvalue weighted by molar-refractivity contribution is -0.123. The quantitative estimate of drug-likeness (QED) is 0.381. The predicted octanol–water partition coefficient (Wildman–Crippen LogP) is -1.76. The Bertz CT molecular complexity index is 158. The molecule has 0 spiro atoms. The van der Waals surface area contributed by atoms with Crippen LogP contribution in [0.2, 0.25) is 0 Å². The van der Waals surface area contributed by atoms with Gasteiger partial charge in [-0.25, -0.2) is 0 Å². The molecule has 2 fully saturated rings. The van der Waals surface area contributed by atoms with Crippen molar-refractivity contribution in [2.24, 2.45) is 0 Å². The number of amides is 1. The molecule has 2 N–H and O–H groups in total. The zero-order valence-corrected chi connectivity index (χ0v) is 4.70. The first-order chi connectivity index (χ1) is 4.29. The average Bonchev–Trinajstić information content (AvgIpc) is 2.57. The van der Waals surface area contributed by atoms with Gasteiger partial charge in [0.25, 0.3) is 5.91 Å². The van der Waals surface area contributed by atoms with Crippen LogP contribution in [0.3, 0.4) is 0 Å². The van der Waals surface area contributed by atoms with E-state index in [0.29, 0.717) is 6.54 Å². The molecule has 0 aliphatic carbocycles. The van der Waals surface area contributed by atoms with Crippen molar-refractivity contribution in [3.63, 3.8) is 0 Å². The third kappa shape index (κ3) is 0.635. The molecule has 9 heavy (non-hydrogen) atoms. The Labute approximate surface area is 51.8 Å². The minimum absolute atomic E-state index is 0.0923. The number of β-amino-alcohol motifs (C(OH)–C–C–N with tert-alkyl or cyclic N) is 1. The maximum Gasteiger partial charge on any atom is 0.252 e. The molecule has 0 aromatic rings. The first kappa shape index (κ1) is 5.20. The number of carbonyl (C=O) groups excluding carboxylic acids is 1. The fourth-order valence-electron chi connectivity index (χ4n) is 1.05. The SMILES string of the molecule is O=C1NCC(O)[C@H]2O[C@@H]12. The largest absolute Gasteiger partial charge is 0.388 e. The van der Waals surface area contributed by atoms with E-state index in [1.165, 1.54) is 0 Å². The fourth-order valence-corrected chi connectivity index (χ4v) is 1.05. The summed E-state index contributed by atoms with van der Waals surface area (Å²) in [5.41, 5.74) is 0. The maximum absolute atomic E-state index is 10.6. The summed E-state index contributed by atoms with van der Waals surface area (Å²) in [5.74, 6) is -0.0923. The van der Waals surface area contributed by atoms with Gasteiger partial charge in [-0.3, -0.25) is 4.79 Å². The van der Waals surface area contributed by atoms with Crippen molar-refractivity contribution in [3.05, 3.63) is 0 Å². The molecule has 4 nitrogen and oxygen atoms in total. The van der Waals surface area contributed by atoms with Crippen LogP contribution in [0.15, 0.2) is 0 Å². The van der Waals surface area contributed by atoms with Gasteiger partial charge in [0.05, 0.1) is 0 Å². The van der Waals surface area contributed by atoms with Crippen molar-refractivity contribution in [3.8, 4) is 0 Å². The second-order valence-corrected chi connectivity index (χ2v) is 2.33. The summed E-state index contributed by atoms with van der Waals surface area (Å²) in [6.45, 7) is 0.333. The lowest BCUT2D eigenvalue weighted by Crippen LogP contribution is -2.44. The zero-order valence-electron chi connectivity index (χ0n) is 4.70. The highest BCUT2D eigenvalue weighted by Crippen LogP contribution is 2.27. The Morgan fingerprint density at radius 1 is 1.78 bits per heavy atom. The Morgan fingerprint density at radius 3 is 3.22 bits per heavy atom. The molecule has 2 aliphatic rings. The Balaban J connectivity index is 2.08. The number of epoxide rings is 1. The van der Waals surface area contributed by atoms with Gasteiger partial charge in [-0.1, -0.05) is 0 Å². The summed E-state index contributed by atoms with van der Waals surface area (Å²) in [4.78, 5) is 10.6. The number of hydrogen-bond acceptors (Lipinski definition) is 3. The molecule has 50 valence electrons. The van der Waals surface area contributed by atoms with E-state index in [1.54, 1.807) is 0 Å². The minimum Gasteiger partial charge on any atom is -0.388 e. The van der Waals surface area contributed by atoms with Gasteiger partial charge in [-0.05, 0) is 0 Å². The van der Waals surface area contributed by atoms with Gasteiger partial charge in [-0.2, -0.15) is 0 Å². The second-order valence-electron chi connectivity index (χ2n) is 2.33. The van der Waals surface area contributed by atoms with Gasteiger partial charge in [0.2, 0.25) is 0 Å². The van der Waals surface area contributed by atoms with Crippen molar-refractivity contribution in [2.75, 3.05) is 6.54 Å². The van der Waals surface area contributed by atoms with E-state index >= 15 is 0 Å². The smallest absolute Gasteiger partial charge is 0.252 e. The van der Waals surface area contributed by atoms with E-state index in [-0.39, 0.29) is 18.1 Å². The first-order valence-electron chi connectivity index (χ1n) is 2.90. The van der Waals surface area contributed by atoms with Crippen molar-refractivity contribution in [1.82, 2.24) is 5.32 Å². The number of nitrogens with one attached hydrogen (secondary N) is 1. The van der Waals surface area contributed by atoms with Crippen LogP contribution in [0.4, 0.5) is 0 Å². The summed E-state index contributed by atoms with van der Waals surface area (Å²) in [5, 5.41) is 11.5. The van der Waals surface area contributed by atoms with Crippen LogP contribution in [-0.2, 0) is 9.53 Å². The minimum atomic E-state index is -0.493. The number of rotatable bonds is 0. The van der Waals surface area contributed by atoms with Crippen LogP contribution in [0.1, 0.15) is 0 Å². The summed E-state index contributed by atoms with van der Waals surface area (Å²) < 4.78 is 4.84. The summed E-state index contributed by atoms with van der Waals surface area (Å²) in [7, 11) is 0. The third-order valence-electron chi connectivity index (χ3n) is 1.65. The number of carbonyl (C=O) groups is 1. The average molecular weight is 129 g/mol. The second kappa shape index (κ2) is 1.46. The molecule has 0 saturated carbocycles. The molecule has 1 unspecified atom stereocenters. The Hall–Kier alpha value is -0.610. The van der Waals surface area contributed by atoms with E-state index < -0.39 is 6.10 Å². The molecule has 2 rings (SSSR count). The number of ether oxygens (including phenoxy) is 1. The standard InChI is InChI=1S/C5H7NO3/c7-2-1-6-5(8)4-3(2)9-4/h2-4,7H,1H2,(H,6,8)/t2?,3-,4-/m1/s1. The molecule has 2 aliphatic heterocycles. The van der Waals surface area contributed by atoms with Gasteiger partial charge < -0.3 is 15.2 Å². The molecule has 3 atom stereocenters. The molecular formula is C5H7NO3. The van der Waals surface area contributed by atoms with E-state index in [2.05, 4.69) is 5.32 Å². The number of fused-ring (bicyclic) bond motifs is 1. The van der Waals surface area contributed by atoms with Gasteiger partial charge in [0, 0.05) is 6.54 Å². The Kier molecular flexibility index (Phi) is 0.841. The van der Waals surface area contributed by atoms with Crippen molar-refractivity contribution < 1.29 is 14.6 Å². The van der Waals surface area contributed by atoms with Crippen LogP contribution in [0, 0.1) is 0 Å². The molecule has 0 radical (unpaired) electrons. The molecular weight excluding hydrogens is 122 g/mol. The normalized spacial score (nSPS) is 47.7. The number of aliphatic hydroxyl groups excluding tert-OH is 1. The number of piperidine rings is 1. The number of hydrogen-bond donors (Lipinski definition) is 2. The zero-order chi connectivity index (χ0) is 6.43. The lowest BCUT2D eigenvalue weighted by atomic mass is 10.1. The van der Waals surface area contributed by atoms with E-state index in [0.717, 1.165) is 0 Å². The highest BCUT2D eigenvalue weighted by molar-refractivity contribution is 5.84. The van der Waals surface area contributed by atoms with E-state index in [1.807, 2.05) is 0 Å². The third-order valence-corrected chi connectivity index (χ3v) is 1.65. The molecule has 0 aromatic carbocycles. The van der Waals surface area contributed by atoms with Crippen LogP contribution < -0.4 is 5.32 Å². The highest BCUT2D eigenvalue weighted by atomic mass is 16.6. The summed E-state index contributed by atoms with van der Waals surface area (Å²) >= 11 is 0. The molecule has 2 saturated heterocycles. The molecule has 0 aromatic heterocycles. The number of aliphatic hydroxyl groups is 1. The summed E-state index contributed by atoms with van der Waals surface area (Å²) in [6, 6.07) is 0. The summed E-state index contributed by atoms with van der Waals surface area (Å²) in [6.07, 6.45) is -1.06. The van der Waals surface area contributed by atoms with Gasteiger partial charge >= 0.3 is 0 Å². The van der Waals surface area contributed by atoms with Crippen LogP contribution in [-0.4, -0.2) is 35.9 Å². The van der Waals surface area contributed by atoms with Crippen LogP contribution in [0.5, 0.6) is 0 Å². The first-order valence-corrected chi connectivity index (χ1v) is 2.90. The Morgan fingerprint density at radius 2 is 2.56 bits per heavy atom. The lowest BCUT2D eigenvalue weighted by Gasteiger charge is -2.12. The molecule has 0 bridgehead atoms. The van der Waals surface area contributed by atoms with Crippen molar-refractivity contribution >= 4 is 5.91 Å². The van der Waals surface area contributed by atoms with Crippen molar-refractivity contribution in [1.29, 1.82) is 0 Å². The van der Waals surface area contributed by atoms with Crippen LogP contribution in [0.25, 0.3) is 0 Å².